The molecular weight excluding hydrogens is 479 g/mol. The Bertz CT molecular complexity index is 1580. The van der Waals surface area contributed by atoms with Gasteiger partial charge in [-0.3, -0.25) is 14.2 Å². The van der Waals surface area contributed by atoms with Gasteiger partial charge in [0.05, 0.1) is 11.7 Å². The SMILES string of the molecule is Cn1c(=O)oc2ccc(CNC(=O)c3cc(C(=O)NCC45CCC(CC4)CC5)n4ncc(F)c4n3)cc21. The van der Waals surface area contributed by atoms with Gasteiger partial charge in [0.2, 0.25) is 0 Å². The van der Waals surface area contributed by atoms with Gasteiger partial charge in [0.15, 0.2) is 17.0 Å². The van der Waals surface area contributed by atoms with Gasteiger partial charge in [0, 0.05) is 26.2 Å². The number of halogens is 1. The van der Waals surface area contributed by atoms with E-state index in [4.69, 9.17) is 4.42 Å². The van der Waals surface area contributed by atoms with E-state index in [1.165, 1.54) is 29.9 Å². The maximum Gasteiger partial charge on any atom is 0.419 e. The Morgan fingerprint density at radius 3 is 2.65 bits per heavy atom. The zero-order valence-corrected chi connectivity index (χ0v) is 20.4. The molecular formula is C26H27FN6O4. The lowest BCUT2D eigenvalue weighted by molar-refractivity contribution is 0.0595. The van der Waals surface area contributed by atoms with Crippen LogP contribution in [0.15, 0.2) is 39.7 Å². The van der Waals surface area contributed by atoms with Crippen molar-refractivity contribution in [2.75, 3.05) is 6.54 Å². The molecule has 0 unspecified atom stereocenters. The number of nitrogens with one attached hydrogen (secondary N) is 2. The molecule has 4 aromatic rings. The monoisotopic (exact) mass is 506 g/mol. The van der Waals surface area contributed by atoms with Crippen LogP contribution < -0.4 is 16.4 Å². The Morgan fingerprint density at radius 2 is 1.89 bits per heavy atom. The van der Waals surface area contributed by atoms with E-state index in [1.807, 2.05) is 0 Å². The number of hydrogen-bond donors (Lipinski definition) is 2. The fourth-order valence-electron chi connectivity index (χ4n) is 5.73. The highest BCUT2D eigenvalue weighted by Crippen LogP contribution is 2.49. The minimum atomic E-state index is -0.723. The maximum absolute atomic E-state index is 14.4. The lowest BCUT2D eigenvalue weighted by Crippen LogP contribution is -2.43. The van der Waals surface area contributed by atoms with Crippen molar-refractivity contribution in [1.29, 1.82) is 0 Å². The van der Waals surface area contributed by atoms with Crippen molar-refractivity contribution < 1.29 is 18.4 Å². The molecule has 0 radical (unpaired) electrons. The largest absolute Gasteiger partial charge is 0.419 e. The molecule has 0 aliphatic heterocycles. The molecule has 0 atom stereocenters. The van der Waals surface area contributed by atoms with E-state index in [-0.39, 0.29) is 29.0 Å². The maximum atomic E-state index is 14.4. The summed E-state index contributed by atoms with van der Waals surface area (Å²) in [7, 11) is 1.60. The van der Waals surface area contributed by atoms with Gasteiger partial charge >= 0.3 is 5.76 Å². The quantitative estimate of drug-likeness (QED) is 0.415. The predicted molar refractivity (Wildman–Crippen MR) is 132 cm³/mol. The molecule has 10 nitrogen and oxygen atoms in total. The van der Waals surface area contributed by atoms with Crippen molar-refractivity contribution in [3.05, 3.63) is 63.8 Å². The van der Waals surface area contributed by atoms with Gasteiger partial charge in [-0.2, -0.15) is 5.10 Å². The number of amides is 2. The Labute approximate surface area is 210 Å². The second-order valence-corrected chi connectivity index (χ2v) is 10.3. The average molecular weight is 507 g/mol. The standard InChI is InChI=1S/C26H27FN6O4/c1-32-19-10-16(2-3-21(19)37-25(32)36)12-28-23(34)18-11-20(33-22(31-18)17(27)13-30-33)24(35)29-14-26-7-4-15(5-8-26)6-9-26/h2-3,10-11,13,15H,4-9,12,14H2,1H3,(H,28,34)(H,29,35). The highest BCUT2D eigenvalue weighted by atomic mass is 19.1. The molecule has 192 valence electrons. The number of hydrogen-bond acceptors (Lipinski definition) is 6. The van der Waals surface area contributed by atoms with E-state index in [9.17, 15) is 18.8 Å². The van der Waals surface area contributed by atoms with E-state index in [2.05, 4.69) is 20.7 Å². The number of carbonyl (C=O) groups excluding carboxylic acids is 2. The second kappa shape index (κ2) is 8.82. The summed E-state index contributed by atoms with van der Waals surface area (Å²) in [5, 5.41) is 9.73. The number of carbonyl (C=O) groups is 2. The van der Waals surface area contributed by atoms with Crippen LogP contribution in [0.2, 0.25) is 0 Å². The van der Waals surface area contributed by atoms with Crippen LogP contribution in [0, 0.1) is 17.2 Å². The van der Waals surface area contributed by atoms with Gasteiger partial charge in [0.25, 0.3) is 11.8 Å². The number of oxazole rings is 1. The molecule has 3 aliphatic rings. The lowest BCUT2D eigenvalue weighted by atomic mass is 9.61. The summed E-state index contributed by atoms with van der Waals surface area (Å²) in [6.45, 7) is 0.681. The van der Waals surface area contributed by atoms with Crippen LogP contribution in [-0.4, -0.2) is 37.5 Å². The van der Waals surface area contributed by atoms with Crippen LogP contribution in [0.5, 0.6) is 0 Å². The van der Waals surface area contributed by atoms with Gasteiger partial charge < -0.3 is 15.1 Å². The number of rotatable bonds is 6. The molecule has 3 aromatic heterocycles. The van der Waals surface area contributed by atoms with Crippen molar-refractivity contribution in [2.24, 2.45) is 18.4 Å². The highest BCUT2D eigenvalue weighted by molar-refractivity contribution is 5.98. The second-order valence-electron chi connectivity index (χ2n) is 10.3. The Hall–Kier alpha value is -4.02. The fourth-order valence-corrected chi connectivity index (χ4v) is 5.73. The summed E-state index contributed by atoms with van der Waals surface area (Å²) >= 11 is 0. The van der Waals surface area contributed by atoms with E-state index >= 15 is 0 Å². The smallest absolute Gasteiger partial charge is 0.408 e. The first kappa shape index (κ1) is 23.4. The molecule has 2 N–H and O–H groups in total. The first-order valence-electron chi connectivity index (χ1n) is 12.5. The zero-order chi connectivity index (χ0) is 25.7. The van der Waals surface area contributed by atoms with Crippen molar-refractivity contribution in [3.63, 3.8) is 0 Å². The van der Waals surface area contributed by atoms with E-state index in [1.54, 1.807) is 25.2 Å². The molecule has 7 rings (SSSR count). The van der Waals surface area contributed by atoms with Crippen LogP contribution in [-0.2, 0) is 13.6 Å². The first-order valence-corrected chi connectivity index (χ1v) is 12.5. The predicted octanol–water partition coefficient (Wildman–Crippen LogP) is 2.94. The topological polar surface area (TPSA) is 124 Å². The van der Waals surface area contributed by atoms with E-state index < -0.39 is 23.4 Å². The van der Waals surface area contributed by atoms with E-state index in [0.717, 1.165) is 41.5 Å². The zero-order valence-electron chi connectivity index (χ0n) is 20.4. The molecule has 11 heteroatoms. The van der Waals surface area contributed by atoms with Crippen LogP contribution in [0.3, 0.4) is 0 Å². The molecule has 0 saturated heterocycles. The van der Waals surface area contributed by atoms with E-state index in [0.29, 0.717) is 17.6 Å². The van der Waals surface area contributed by atoms with Crippen LogP contribution in [0.1, 0.15) is 65.1 Å². The van der Waals surface area contributed by atoms with Crippen LogP contribution >= 0.6 is 0 Å². The number of fused-ring (bicyclic) bond motifs is 5. The summed E-state index contributed by atoms with van der Waals surface area (Å²) in [6, 6.07) is 6.47. The van der Waals surface area contributed by atoms with Crippen molar-refractivity contribution in [2.45, 2.75) is 45.1 Å². The van der Waals surface area contributed by atoms with Crippen molar-refractivity contribution in [1.82, 2.24) is 29.8 Å². The van der Waals surface area contributed by atoms with Crippen LogP contribution in [0.4, 0.5) is 4.39 Å². The number of nitrogens with zero attached hydrogens (tertiary/aromatic N) is 4. The lowest BCUT2D eigenvalue weighted by Gasteiger charge is -2.46. The number of aryl methyl sites for hydroxylation is 1. The van der Waals surface area contributed by atoms with Gasteiger partial charge in [-0.05, 0) is 67.6 Å². The third-order valence-electron chi connectivity index (χ3n) is 8.08. The molecule has 3 aliphatic carbocycles. The fraction of sp³-hybridized carbons (Fsp3) is 0.423. The molecule has 3 heterocycles. The Morgan fingerprint density at radius 1 is 1.14 bits per heavy atom. The average Bonchev–Trinajstić information content (AvgIpc) is 3.44. The van der Waals surface area contributed by atoms with Gasteiger partial charge in [-0.1, -0.05) is 6.07 Å². The highest BCUT2D eigenvalue weighted by Gasteiger charge is 2.40. The number of benzene rings is 1. The minimum absolute atomic E-state index is 0.0507. The summed E-state index contributed by atoms with van der Waals surface area (Å²) in [5.41, 5.74) is 1.66. The Kier molecular flexibility index (Phi) is 5.58. The summed E-state index contributed by atoms with van der Waals surface area (Å²) in [6.07, 6.45) is 7.90. The van der Waals surface area contributed by atoms with Crippen LogP contribution in [0.25, 0.3) is 16.7 Å². The first-order chi connectivity index (χ1) is 17.8. The number of aromatic nitrogens is 4. The molecule has 37 heavy (non-hydrogen) atoms. The van der Waals surface area contributed by atoms with Crippen molar-refractivity contribution in [3.8, 4) is 0 Å². The normalized spacial score (nSPS) is 21.0. The van der Waals surface area contributed by atoms with Gasteiger partial charge in [-0.25, -0.2) is 18.7 Å². The molecule has 2 amide bonds. The third-order valence-corrected chi connectivity index (χ3v) is 8.08. The van der Waals surface area contributed by atoms with Crippen molar-refractivity contribution >= 4 is 28.6 Å². The third kappa shape index (κ3) is 4.17. The molecule has 0 spiro atoms. The summed E-state index contributed by atoms with van der Waals surface area (Å²) in [5.74, 6) is -1.36. The minimum Gasteiger partial charge on any atom is -0.408 e. The molecule has 3 saturated carbocycles. The Balaban J connectivity index is 1.21. The van der Waals surface area contributed by atoms with Gasteiger partial charge in [0.1, 0.15) is 11.4 Å². The molecule has 2 bridgehead atoms. The summed E-state index contributed by atoms with van der Waals surface area (Å²) < 4.78 is 22.1. The molecule has 3 fully saturated rings. The molecule has 1 aromatic carbocycles. The summed E-state index contributed by atoms with van der Waals surface area (Å²) in [4.78, 5) is 42.0. The van der Waals surface area contributed by atoms with Gasteiger partial charge in [-0.15, -0.1) is 0 Å².